The van der Waals surface area contributed by atoms with Gasteiger partial charge in [-0.15, -0.1) is 5.10 Å². The maximum Gasteiger partial charge on any atom is 0.251 e. The van der Waals surface area contributed by atoms with Crippen molar-refractivity contribution in [1.29, 1.82) is 0 Å². The van der Waals surface area contributed by atoms with E-state index in [1.807, 2.05) is 12.1 Å². The first-order valence-corrected chi connectivity index (χ1v) is 6.47. The maximum atomic E-state index is 12.2. The molecule has 1 heterocycles. The molecule has 1 saturated carbocycles. The molecule has 6 nitrogen and oxygen atoms in total. The first-order valence-electron chi connectivity index (χ1n) is 6.47. The molecule has 0 bridgehead atoms. The van der Waals surface area contributed by atoms with Gasteiger partial charge in [-0.1, -0.05) is 18.9 Å². The van der Waals surface area contributed by atoms with Gasteiger partial charge >= 0.3 is 0 Å². The molecule has 0 atom stereocenters. The van der Waals surface area contributed by atoms with E-state index in [-0.39, 0.29) is 5.91 Å². The largest absolute Gasteiger partial charge is 0.349 e. The third-order valence-corrected chi connectivity index (χ3v) is 3.41. The molecule has 0 radical (unpaired) electrons. The van der Waals surface area contributed by atoms with Gasteiger partial charge in [0.1, 0.15) is 6.33 Å². The van der Waals surface area contributed by atoms with Gasteiger partial charge in [-0.2, -0.15) is 0 Å². The number of tetrazole rings is 1. The summed E-state index contributed by atoms with van der Waals surface area (Å²) < 4.78 is 1.53. The summed E-state index contributed by atoms with van der Waals surface area (Å²) in [5, 5.41) is 14.1. The number of hydrogen-bond donors (Lipinski definition) is 1. The van der Waals surface area contributed by atoms with Gasteiger partial charge in [0.15, 0.2) is 0 Å². The van der Waals surface area contributed by atoms with E-state index in [9.17, 15) is 4.79 Å². The Balaban J connectivity index is 1.77. The molecule has 98 valence electrons. The number of aromatic nitrogens is 4. The van der Waals surface area contributed by atoms with Crippen molar-refractivity contribution in [2.45, 2.75) is 31.7 Å². The molecule has 2 aromatic rings. The van der Waals surface area contributed by atoms with E-state index < -0.39 is 0 Å². The van der Waals surface area contributed by atoms with Crippen molar-refractivity contribution in [2.75, 3.05) is 0 Å². The van der Waals surface area contributed by atoms with Crippen LogP contribution >= 0.6 is 0 Å². The van der Waals surface area contributed by atoms with Crippen molar-refractivity contribution in [2.24, 2.45) is 0 Å². The second-order valence-electron chi connectivity index (χ2n) is 4.76. The van der Waals surface area contributed by atoms with Crippen LogP contribution in [0.5, 0.6) is 0 Å². The summed E-state index contributed by atoms with van der Waals surface area (Å²) >= 11 is 0. The predicted octanol–water partition coefficient (Wildman–Crippen LogP) is 1.33. The normalized spacial score (nSPS) is 15.6. The van der Waals surface area contributed by atoms with Gasteiger partial charge < -0.3 is 5.32 Å². The Labute approximate surface area is 110 Å². The zero-order valence-electron chi connectivity index (χ0n) is 10.5. The SMILES string of the molecule is O=C(NC1CCCC1)c1cccc(-n2cnnn2)c1. The minimum Gasteiger partial charge on any atom is -0.349 e. The summed E-state index contributed by atoms with van der Waals surface area (Å²) in [7, 11) is 0. The van der Waals surface area contributed by atoms with E-state index in [1.165, 1.54) is 23.9 Å². The quantitative estimate of drug-likeness (QED) is 0.900. The molecule has 0 spiro atoms. The predicted molar refractivity (Wildman–Crippen MR) is 68.9 cm³/mol. The number of hydrogen-bond acceptors (Lipinski definition) is 4. The summed E-state index contributed by atoms with van der Waals surface area (Å²) in [5.41, 5.74) is 1.42. The average molecular weight is 257 g/mol. The second kappa shape index (κ2) is 5.17. The fourth-order valence-electron chi connectivity index (χ4n) is 2.41. The lowest BCUT2D eigenvalue weighted by molar-refractivity contribution is 0.0938. The molecule has 0 unspecified atom stereocenters. The summed E-state index contributed by atoms with van der Waals surface area (Å²) in [5.74, 6) is -0.0261. The van der Waals surface area contributed by atoms with Crippen molar-refractivity contribution in [3.8, 4) is 5.69 Å². The number of benzene rings is 1. The fourth-order valence-corrected chi connectivity index (χ4v) is 2.41. The highest BCUT2D eigenvalue weighted by molar-refractivity contribution is 5.94. The van der Waals surface area contributed by atoms with Crippen molar-refractivity contribution in [3.05, 3.63) is 36.2 Å². The second-order valence-corrected chi connectivity index (χ2v) is 4.76. The maximum absolute atomic E-state index is 12.2. The minimum absolute atomic E-state index is 0.0261. The van der Waals surface area contributed by atoms with Gasteiger partial charge in [0, 0.05) is 11.6 Å². The first-order chi connectivity index (χ1) is 9.33. The van der Waals surface area contributed by atoms with Crippen LogP contribution in [0.1, 0.15) is 36.0 Å². The Morgan fingerprint density at radius 1 is 1.32 bits per heavy atom. The minimum atomic E-state index is -0.0261. The van der Waals surface area contributed by atoms with E-state index in [0.717, 1.165) is 18.5 Å². The van der Waals surface area contributed by atoms with E-state index in [4.69, 9.17) is 0 Å². The fraction of sp³-hybridized carbons (Fsp3) is 0.385. The molecule has 0 aliphatic heterocycles. The van der Waals surface area contributed by atoms with Crippen molar-refractivity contribution < 1.29 is 4.79 Å². The van der Waals surface area contributed by atoms with Crippen LogP contribution in [0.15, 0.2) is 30.6 Å². The topological polar surface area (TPSA) is 72.7 Å². The Morgan fingerprint density at radius 2 is 2.16 bits per heavy atom. The molecule has 3 rings (SSSR count). The van der Waals surface area contributed by atoms with E-state index in [1.54, 1.807) is 12.1 Å². The van der Waals surface area contributed by atoms with Gasteiger partial charge in [0.05, 0.1) is 5.69 Å². The van der Waals surface area contributed by atoms with Crippen LogP contribution in [0.4, 0.5) is 0 Å². The molecule has 1 aliphatic rings. The Kier molecular flexibility index (Phi) is 3.22. The number of carbonyl (C=O) groups is 1. The number of amides is 1. The van der Waals surface area contributed by atoms with Gasteiger partial charge in [-0.05, 0) is 41.5 Å². The molecule has 1 aromatic carbocycles. The molecule has 1 amide bonds. The molecular weight excluding hydrogens is 242 g/mol. The number of carbonyl (C=O) groups excluding carboxylic acids is 1. The van der Waals surface area contributed by atoms with Crippen LogP contribution in [0, 0.1) is 0 Å². The Hall–Kier alpha value is -2.24. The average Bonchev–Trinajstić information content (AvgIpc) is 3.12. The van der Waals surface area contributed by atoms with Gasteiger partial charge in [0.25, 0.3) is 5.91 Å². The third kappa shape index (κ3) is 2.62. The molecular formula is C13H15N5O. The van der Waals surface area contributed by atoms with Crippen LogP contribution in [0.3, 0.4) is 0 Å². The van der Waals surface area contributed by atoms with Crippen LogP contribution in [-0.4, -0.2) is 32.2 Å². The lowest BCUT2D eigenvalue weighted by Crippen LogP contribution is -2.32. The molecule has 1 aromatic heterocycles. The summed E-state index contributed by atoms with van der Waals surface area (Å²) in [6.07, 6.45) is 6.08. The zero-order chi connectivity index (χ0) is 13.1. The molecule has 1 fully saturated rings. The van der Waals surface area contributed by atoms with Crippen LogP contribution < -0.4 is 5.32 Å². The van der Waals surface area contributed by atoms with Crippen LogP contribution in [0.2, 0.25) is 0 Å². The van der Waals surface area contributed by atoms with E-state index in [0.29, 0.717) is 11.6 Å². The van der Waals surface area contributed by atoms with Gasteiger partial charge in [-0.3, -0.25) is 4.79 Å². The monoisotopic (exact) mass is 257 g/mol. The Morgan fingerprint density at radius 3 is 2.89 bits per heavy atom. The highest BCUT2D eigenvalue weighted by Gasteiger charge is 2.18. The first kappa shape index (κ1) is 11.8. The highest BCUT2D eigenvalue weighted by atomic mass is 16.1. The standard InChI is InChI=1S/C13H15N5O/c19-13(15-11-5-1-2-6-11)10-4-3-7-12(8-10)18-9-14-16-17-18/h3-4,7-9,11H,1-2,5-6H2,(H,15,19). The van der Waals surface area contributed by atoms with E-state index >= 15 is 0 Å². The van der Waals surface area contributed by atoms with Gasteiger partial charge in [-0.25, -0.2) is 4.68 Å². The van der Waals surface area contributed by atoms with Crippen molar-refractivity contribution in [3.63, 3.8) is 0 Å². The molecule has 6 heteroatoms. The molecule has 0 saturated heterocycles. The summed E-state index contributed by atoms with van der Waals surface area (Å²) in [4.78, 5) is 12.2. The number of rotatable bonds is 3. The smallest absolute Gasteiger partial charge is 0.251 e. The third-order valence-electron chi connectivity index (χ3n) is 3.41. The molecule has 1 N–H and O–H groups in total. The van der Waals surface area contributed by atoms with Crippen LogP contribution in [0.25, 0.3) is 5.69 Å². The molecule has 1 aliphatic carbocycles. The number of nitrogens with one attached hydrogen (secondary N) is 1. The zero-order valence-corrected chi connectivity index (χ0v) is 10.5. The van der Waals surface area contributed by atoms with Crippen LogP contribution in [-0.2, 0) is 0 Å². The number of nitrogens with zero attached hydrogens (tertiary/aromatic N) is 4. The lowest BCUT2D eigenvalue weighted by Gasteiger charge is -2.12. The molecule has 19 heavy (non-hydrogen) atoms. The van der Waals surface area contributed by atoms with Crippen molar-refractivity contribution >= 4 is 5.91 Å². The summed E-state index contributed by atoms with van der Waals surface area (Å²) in [6, 6.07) is 7.62. The van der Waals surface area contributed by atoms with Gasteiger partial charge in [0.2, 0.25) is 0 Å². The van der Waals surface area contributed by atoms with Crippen molar-refractivity contribution in [1.82, 2.24) is 25.5 Å². The highest BCUT2D eigenvalue weighted by Crippen LogP contribution is 2.18. The van der Waals surface area contributed by atoms with E-state index in [2.05, 4.69) is 20.8 Å². The lowest BCUT2D eigenvalue weighted by atomic mass is 10.1. The summed E-state index contributed by atoms with van der Waals surface area (Å²) in [6.45, 7) is 0. The Bertz CT molecular complexity index is 560.